The van der Waals surface area contributed by atoms with Crippen LogP contribution in [0.25, 0.3) is 33.5 Å². The molecule has 0 saturated heterocycles. The average Bonchev–Trinajstić information content (AvgIpc) is 3.50. The Morgan fingerprint density at radius 1 is 1.04 bits per heavy atom. The Bertz CT molecular complexity index is 2220. The summed E-state index contributed by atoms with van der Waals surface area (Å²) in [6, 6.07) is 21.1. The molecule has 0 aliphatic rings. The van der Waals surface area contributed by atoms with Crippen molar-refractivity contribution in [1.82, 2.24) is 9.66 Å². The minimum atomic E-state index is -0.538. The van der Waals surface area contributed by atoms with Gasteiger partial charge in [0.25, 0.3) is 11.5 Å². The topological polar surface area (TPSA) is 117 Å². The molecule has 0 radical (unpaired) electrons. The van der Waals surface area contributed by atoms with Crippen molar-refractivity contribution >= 4 is 67.2 Å². The van der Waals surface area contributed by atoms with Gasteiger partial charge in [0.2, 0.25) is 5.82 Å². The van der Waals surface area contributed by atoms with Crippen molar-refractivity contribution in [3.63, 3.8) is 0 Å². The fraction of sp³-hybridized carbons (Fsp3) is 0.0909. The van der Waals surface area contributed by atoms with Gasteiger partial charge < -0.3 is 23.9 Å². The van der Waals surface area contributed by atoms with Crippen LogP contribution < -0.4 is 25.1 Å². The minimum absolute atomic E-state index is 0.0871. The van der Waals surface area contributed by atoms with Gasteiger partial charge in [0.1, 0.15) is 22.2 Å². The molecule has 6 rings (SSSR count). The molecule has 1 N–H and O–H groups in total. The zero-order valence-electron chi connectivity index (χ0n) is 24.2. The summed E-state index contributed by atoms with van der Waals surface area (Å²) >= 11 is 10.1. The molecule has 0 aliphatic carbocycles. The molecule has 0 aliphatic heterocycles. The van der Waals surface area contributed by atoms with Crippen LogP contribution in [0.2, 0.25) is 5.02 Å². The Hall–Kier alpha value is -5.20. The van der Waals surface area contributed by atoms with Gasteiger partial charge in [0.15, 0.2) is 23.9 Å². The number of fused-ring (bicyclic) bond motifs is 2. The fourth-order valence-electron chi connectivity index (χ4n) is 4.72. The number of methoxy groups -OCH3 is 2. The second-order valence-electron chi connectivity index (χ2n) is 9.77. The van der Waals surface area contributed by atoms with Crippen LogP contribution in [0.4, 0.5) is 10.1 Å². The molecule has 6 aromatic rings. The molecule has 232 valence electrons. The monoisotopic (exact) mass is 704 g/mol. The number of anilines is 1. The summed E-state index contributed by atoms with van der Waals surface area (Å²) in [4.78, 5) is 30.9. The van der Waals surface area contributed by atoms with Gasteiger partial charge in [-0.15, -0.1) is 0 Å². The molecule has 2 aromatic heterocycles. The van der Waals surface area contributed by atoms with Crippen LogP contribution in [0, 0.1) is 5.82 Å². The summed E-state index contributed by atoms with van der Waals surface area (Å²) in [5, 5.41) is 8.20. The largest absolute Gasteiger partial charge is 0.496 e. The fourth-order valence-corrected chi connectivity index (χ4v) is 5.37. The molecule has 46 heavy (non-hydrogen) atoms. The Balaban J connectivity index is 1.36. The molecule has 2 heterocycles. The zero-order valence-corrected chi connectivity index (χ0v) is 26.6. The maximum atomic E-state index is 13.7. The Morgan fingerprint density at radius 3 is 2.61 bits per heavy atom. The first kappa shape index (κ1) is 30.8. The maximum Gasteiger partial charge on any atom is 0.282 e. The molecular formula is C33H23BrClFN4O6. The summed E-state index contributed by atoms with van der Waals surface area (Å²) in [5.74, 6) is 0.322. The summed E-state index contributed by atoms with van der Waals surface area (Å²) in [6.07, 6.45) is 1.41. The first-order chi connectivity index (χ1) is 22.3. The van der Waals surface area contributed by atoms with E-state index in [0.29, 0.717) is 43.4 Å². The number of furan rings is 1. The first-order valence-corrected chi connectivity index (χ1v) is 14.8. The highest BCUT2D eigenvalue weighted by Gasteiger charge is 2.20. The summed E-state index contributed by atoms with van der Waals surface area (Å²) < 4.78 is 37.7. The van der Waals surface area contributed by atoms with E-state index in [9.17, 15) is 14.0 Å². The van der Waals surface area contributed by atoms with Crippen molar-refractivity contribution in [2.75, 3.05) is 26.1 Å². The predicted octanol–water partition coefficient (Wildman–Crippen LogP) is 7.28. The number of nitrogens with zero attached hydrogens (tertiary/aromatic N) is 3. The molecule has 0 fully saturated rings. The number of para-hydroxylation sites is 1. The highest BCUT2D eigenvalue weighted by molar-refractivity contribution is 9.10. The molecule has 0 spiro atoms. The SMILES string of the molecule is COc1cc(C=Nn2c(-c3cc4c(OC)cccc4o3)nc3ccccc3c2=O)c(Br)c(Cl)c1OCC(=O)Nc1cccc(F)c1. The third-order valence-corrected chi connectivity index (χ3v) is 8.30. The summed E-state index contributed by atoms with van der Waals surface area (Å²) in [6.45, 7) is -0.434. The van der Waals surface area contributed by atoms with E-state index in [2.05, 4.69) is 26.3 Å². The highest BCUT2D eigenvalue weighted by atomic mass is 79.9. The molecule has 4 aromatic carbocycles. The molecule has 0 unspecified atom stereocenters. The maximum absolute atomic E-state index is 13.7. The number of aromatic nitrogens is 2. The standard InChI is InChI=1S/C33H23BrClFN4O6/c1-43-24-11-6-12-25-22(24)15-27(46-25)32-39-23-10-4-3-9-21(23)33(42)40(32)37-16-18-13-26(44-2)31(30(35)29(18)34)45-17-28(41)38-20-8-5-7-19(36)14-20/h3-16H,17H2,1-2H3,(H,38,41). The van der Waals surface area contributed by atoms with E-state index in [4.69, 9.17) is 35.2 Å². The number of nitrogens with one attached hydrogen (secondary N) is 1. The van der Waals surface area contributed by atoms with Gasteiger partial charge in [-0.1, -0.05) is 35.9 Å². The molecule has 0 bridgehead atoms. The lowest BCUT2D eigenvalue weighted by Gasteiger charge is -2.15. The van der Waals surface area contributed by atoms with Crippen LogP contribution in [0.15, 0.2) is 97.6 Å². The van der Waals surface area contributed by atoms with Crippen LogP contribution in [-0.2, 0) is 4.79 Å². The highest BCUT2D eigenvalue weighted by Crippen LogP contribution is 2.42. The third-order valence-electron chi connectivity index (χ3n) is 6.86. The van der Waals surface area contributed by atoms with Crippen molar-refractivity contribution in [2.45, 2.75) is 0 Å². The van der Waals surface area contributed by atoms with Crippen molar-refractivity contribution in [3.8, 4) is 28.8 Å². The quantitative estimate of drug-likeness (QED) is 0.157. The molecule has 1 amide bonds. The van der Waals surface area contributed by atoms with Crippen LogP contribution >= 0.6 is 27.5 Å². The number of ether oxygens (including phenoxy) is 3. The van der Waals surface area contributed by atoms with Crippen LogP contribution in [0.3, 0.4) is 0 Å². The number of halogens is 3. The van der Waals surface area contributed by atoms with Crippen molar-refractivity contribution in [1.29, 1.82) is 0 Å². The van der Waals surface area contributed by atoms with Crippen LogP contribution in [0.1, 0.15) is 5.56 Å². The number of carbonyl (C=O) groups is 1. The van der Waals surface area contributed by atoms with E-state index < -0.39 is 23.9 Å². The van der Waals surface area contributed by atoms with Crippen molar-refractivity contribution in [3.05, 3.63) is 110 Å². The molecule has 0 atom stereocenters. The third kappa shape index (κ3) is 6.04. The first-order valence-electron chi connectivity index (χ1n) is 13.6. The van der Waals surface area contributed by atoms with Gasteiger partial charge in [0.05, 0.1) is 36.7 Å². The van der Waals surface area contributed by atoms with Gasteiger partial charge >= 0.3 is 0 Å². The van der Waals surface area contributed by atoms with E-state index in [0.717, 1.165) is 4.68 Å². The second-order valence-corrected chi connectivity index (χ2v) is 10.9. The van der Waals surface area contributed by atoms with Gasteiger partial charge in [-0.05, 0) is 70.5 Å². The number of hydrogen-bond acceptors (Lipinski definition) is 8. The summed E-state index contributed by atoms with van der Waals surface area (Å²) in [5.41, 5.74) is 1.29. The average molecular weight is 706 g/mol. The van der Waals surface area contributed by atoms with Crippen molar-refractivity contribution < 1.29 is 27.8 Å². The number of hydrogen-bond donors (Lipinski definition) is 1. The molecule has 0 saturated carbocycles. The number of carbonyl (C=O) groups excluding carboxylic acids is 1. The van der Waals surface area contributed by atoms with Gasteiger partial charge in [-0.3, -0.25) is 9.59 Å². The Morgan fingerprint density at radius 2 is 1.83 bits per heavy atom. The Labute approximate surface area is 274 Å². The van der Waals surface area contributed by atoms with E-state index in [1.165, 1.54) is 31.5 Å². The van der Waals surface area contributed by atoms with E-state index in [1.807, 2.05) is 0 Å². The van der Waals surface area contributed by atoms with Crippen LogP contribution in [-0.4, -0.2) is 42.6 Å². The number of amides is 1. The molecule has 10 nitrogen and oxygen atoms in total. The van der Waals surface area contributed by atoms with Crippen LogP contribution in [0.5, 0.6) is 17.2 Å². The normalized spacial score (nSPS) is 11.3. The van der Waals surface area contributed by atoms with Gasteiger partial charge in [0, 0.05) is 15.7 Å². The lowest BCUT2D eigenvalue weighted by molar-refractivity contribution is -0.118. The van der Waals surface area contributed by atoms with Gasteiger partial charge in [-0.25, -0.2) is 9.37 Å². The smallest absolute Gasteiger partial charge is 0.282 e. The van der Waals surface area contributed by atoms with E-state index in [1.54, 1.807) is 67.8 Å². The minimum Gasteiger partial charge on any atom is -0.496 e. The lowest BCUT2D eigenvalue weighted by atomic mass is 10.2. The number of rotatable bonds is 9. The zero-order chi connectivity index (χ0) is 32.4. The number of benzene rings is 4. The lowest BCUT2D eigenvalue weighted by Crippen LogP contribution is -2.20. The van der Waals surface area contributed by atoms with Gasteiger partial charge in [-0.2, -0.15) is 9.78 Å². The molecule has 13 heteroatoms. The molecular weight excluding hydrogens is 683 g/mol. The van der Waals surface area contributed by atoms with E-state index in [-0.39, 0.29) is 28.0 Å². The second kappa shape index (κ2) is 13.0. The predicted molar refractivity (Wildman–Crippen MR) is 177 cm³/mol. The summed E-state index contributed by atoms with van der Waals surface area (Å²) in [7, 11) is 2.97. The Kier molecular flexibility index (Phi) is 8.73. The van der Waals surface area contributed by atoms with E-state index >= 15 is 0 Å². The van der Waals surface area contributed by atoms with Crippen molar-refractivity contribution in [2.24, 2.45) is 5.10 Å².